The first kappa shape index (κ1) is 13.0. The Hall–Kier alpha value is -1.03. The second kappa shape index (κ2) is 5.34. The van der Waals surface area contributed by atoms with Crippen molar-refractivity contribution in [3.63, 3.8) is 0 Å². The molecule has 0 saturated heterocycles. The molecule has 0 unspecified atom stereocenters. The molecule has 0 aliphatic rings. The van der Waals surface area contributed by atoms with Crippen molar-refractivity contribution in [1.29, 1.82) is 0 Å². The van der Waals surface area contributed by atoms with Gasteiger partial charge in [0.2, 0.25) is 5.91 Å². The van der Waals surface area contributed by atoms with E-state index in [0.29, 0.717) is 23.7 Å². The maximum Gasteiger partial charge on any atom is 0.224 e. The zero-order valence-electron chi connectivity index (χ0n) is 9.80. The van der Waals surface area contributed by atoms with Gasteiger partial charge < -0.3 is 11.1 Å². The molecule has 0 atom stereocenters. The van der Waals surface area contributed by atoms with Crippen molar-refractivity contribution >= 4 is 33.2 Å². The molecule has 0 heterocycles. The highest BCUT2D eigenvalue weighted by atomic mass is 79.9. The quantitative estimate of drug-likeness (QED) is 0.837. The molecule has 0 saturated carbocycles. The maximum atomic E-state index is 11.6. The van der Waals surface area contributed by atoms with Crippen molar-refractivity contribution in [2.45, 2.75) is 27.2 Å². The minimum Gasteiger partial charge on any atom is -0.397 e. The maximum absolute atomic E-state index is 11.6. The molecule has 0 fully saturated rings. The molecule has 0 aliphatic heterocycles. The molecule has 0 aromatic heterocycles. The van der Waals surface area contributed by atoms with Crippen molar-refractivity contribution < 1.29 is 4.79 Å². The van der Waals surface area contributed by atoms with E-state index in [-0.39, 0.29) is 5.91 Å². The van der Waals surface area contributed by atoms with Gasteiger partial charge in [-0.1, -0.05) is 29.8 Å². The van der Waals surface area contributed by atoms with Crippen LogP contribution in [0, 0.1) is 12.8 Å². The number of aryl methyl sites for hydroxylation is 1. The van der Waals surface area contributed by atoms with Crippen LogP contribution in [0.15, 0.2) is 16.6 Å². The summed E-state index contributed by atoms with van der Waals surface area (Å²) in [5.41, 5.74) is 8.12. The zero-order valence-corrected chi connectivity index (χ0v) is 11.4. The molecule has 0 spiro atoms. The fourth-order valence-electron chi connectivity index (χ4n) is 1.50. The van der Waals surface area contributed by atoms with E-state index < -0.39 is 0 Å². The van der Waals surface area contributed by atoms with Crippen LogP contribution in [0.2, 0.25) is 0 Å². The summed E-state index contributed by atoms with van der Waals surface area (Å²) in [6.07, 6.45) is 0.509. The molecule has 1 aromatic carbocycles. The summed E-state index contributed by atoms with van der Waals surface area (Å²) in [5, 5.41) is 2.85. The summed E-state index contributed by atoms with van der Waals surface area (Å²) in [6.45, 7) is 5.95. The van der Waals surface area contributed by atoms with Gasteiger partial charge in [-0.15, -0.1) is 0 Å². The highest BCUT2D eigenvalue weighted by molar-refractivity contribution is 9.10. The molecule has 16 heavy (non-hydrogen) atoms. The van der Waals surface area contributed by atoms with Gasteiger partial charge in [-0.25, -0.2) is 0 Å². The van der Waals surface area contributed by atoms with Gasteiger partial charge in [-0.3, -0.25) is 4.79 Å². The predicted octanol–water partition coefficient (Wildman–Crippen LogP) is 3.32. The number of halogens is 1. The number of nitrogens with one attached hydrogen (secondary N) is 1. The Labute approximate surface area is 105 Å². The van der Waals surface area contributed by atoms with Crippen LogP contribution in [0.25, 0.3) is 0 Å². The van der Waals surface area contributed by atoms with E-state index >= 15 is 0 Å². The molecule has 1 rings (SSSR count). The number of hydrogen-bond donors (Lipinski definition) is 2. The van der Waals surface area contributed by atoms with Crippen LogP contribution >= 0.6 is 15.9 Å². The third-order valence-corrected chi connectivity index (χ3v) is 2.65. The summed E-state index contributed by atoms with van der Waals surface area (Å²) in [5.74, 6) is 0.351. The molecule has 3 nitrogen and oxygen atoms in total. The summed E-state index contributed by atoms with van der Waals surface area (Å²) in [4.78, 5) is 11.6. The number of nitrogen functional groups attached to an aromatic ring is 1. The van der Waals surface area contributed by atoms with Crippen LogP contribution in [-0.2, 0) is 4.79 Å². The summed E-state index contributed by atoms with van der Waals surface area (Å²) in [7, 11) is 0. The second-order valence-corrected chi connectivity index (χ2v) is 5.25. The Balaban J connectivity index is 2.85. The lowest BCUT2D eigenvalue weighted by atomic mass is 10.1. The first-order chi connectivity index (χ1) is 7.40. The third-order valence-electron chi connectivity index (χ3n) is 2.19. The number of nitrogens with two attached hydrogens (primary N) is 1. The zero-order chi connectivity index (χ0) is 12.3. The van der Waals surface area contributed by atoms with Crippen molar-refractivity contribution in [3.05, 3.63) is 22.2 Å². The number of benzene rings is 1. The third kappa shape index (κ3) is 3.52. The summed E-state index contributed by atoms with van der Waals surface area (Å²) < 4.78 is 0.921. The van der Waals surface area contributed by atoms with Gasteiger partial charge in [0.25, 0.3) is 0 Å². The Morgan fingerprint density at radius 2 is 2.12 bits per heavy atom. The second-order valence-electron chi connectivity index (χ2n) is 4.33. The number of carbonyl (C=O) groups is 1. The topological polar surface area (TPSA) is 55.1 Å². The molecular weight excluding hydrogens is 268 g/mol. The molecule has 1 amide bonds. The fraction of sp³-hybridized carbons (Fsp3) is 0.417. The van der Waals surface area contributed by atoms with Crippen LogP contribution in [-0.4, -0.2) is 5.91 Å². The first-order valence-corrected chi connectivity index (χ1v) is 6.05. The van der Waals surface area contributed by atoms with Crippen molar-refractivity contribution in [3.8, 4) is 0 Å². The van der Waals surface area contributed by atoms with E-state index in [4.69, 9.17) is 5.73 Å². The lowest BCUT2D eigenvalue weighted by Gasteiger charge is -2.12. The molecule has 4 heteroatoms. The van der Waals surface area contributed by atoms with Crippen LogP contribution in [0.5, 0.6) is 0 Å². The van der Waals surface area contributed by atoms with E-state index in [1.165, 1.54) is 0 Å². The van der Waals surface area contributed by atoms with E-state index in [0.717, 1.165) is 10.0 Å². The average molecular weight is 285 g/mol. The lowest BCUT2D eigenvalue weighted by molar-refractivity contribution is -0.116. The van der Waals surface area contributed by atoms with Gasteiger partial charge in [0.15, 0.2) is 0 Å². The molecule has 88 valence electrons. The summed E-state index contributed by atoms with van der Waals surface area (Å²) in [6, 6.07) is 3.72. The van der Waals surface area contributed by atoms with Crippen LogP contribution in [0.4, 0.5) is 11.4 Å². The Morgan fingerprint density at radius 1 is 1.50 bits per heavy atom. The van der Waals surface area contributed by atoms with Crippen LogP contribution in [0.1, 0.15) is 25.8 Å². The Morgan fingerprint density at radius 3 is 2.62 bits per heavy atom. The summed E-state index contributed by atoms with van der Waals surface area (Å²) >= 11 is 3.36. The standard InChI is InChI=1S/C12H17BrN2O/c1-7(2)4-11(16)15-12-8(3)5-9(13)6-10(12)14/h5-7H,4,14H2,1-3H3,(H,15,16). The van der Waals surface area contributed by atoms with Gasteiger partial charge in [0, 0.05) is 10.9 Å². The van der Waals surface area contributed by atoms with Gasteiger partial charge in [0.05, 0.1) is 11.4 Å². The predicted molar refractivity (Wildman–Crippen MR) is 71.4 cm³/mol. The Kier molecular flexibility index (Phi) is 4.35. The van der Waals surface area contributed by atoms with Crippen molar-refractivity contribution in [1.82, 2.24) is 0 Å². The largest absolute Gasteiger partial charge is 0.397 e. The van der Waals surface area contributed by atoms with Crippen molar-refractivity contribution in [2.24, 2.45) is 5.92 Å². The van der Waals surface area contributed by atoms with Gasteiger partial charge in [0.1, 0.15) is 0 Å². The van der Waals surface area contributed by atoms with Crippen molar-refractivity contribution in [2.75, 3.05) is 11.1 Å². The minimum atomic E-state index is 0.00659. The van der Waals surface area contributed by atoms with E-state index in [1.807, 2.05) is 26.8 Å². The number of carbonyl (C=O) groups excluding carboxylic acids is 1. The molecule has 0 radical (unpaired) electrons. The molecule has 0 bridgehead atoms. The number of rotatable bonds is 3. The monoisotopic (exact) mass is 284 g/mol. The van der Waals surface area contributed by atoms with Crippen LogP contribution < -0.4 is 11.1 Å². The molecule has 3 N–H and O–H groups in total. The van der Waals surface area contributed by atoms with Crippen LogP contribution in [0.3, 0.4) is 0 Å². The Bertz CT molecular complexity index is 379. The highest BCUT2D eigenvalue weighted by Crippen LogP contribution is 2.28. The van der Waals surface area contributed by atoms with E-state index in [9.17, 15) is 4.79 Å². The SMILES string of the molecule is Cc1cc(Br)cc(N)c1NC(=O)CC(C)C. The van der Waals surface area contributed by atoms with Gasteiger partial charge >= 0.3 is 0 Å². The molecule has 0 aliphatic carbocycles. The normalized spacial score (nSPS) is 10.6. The molecular formula is C12H17BrN2O. The lowest BCUT2D eigenvalue weighted by Crippen LogP contribution is -2.15. The minimum absolute atomic E-state index is 0.00659. The highest BCUT2D eigenvalue weighted by Gasteiger charge is 2.10. The smallest absolute Gasteiger partial charge is 0.224 e. The van der Waals surface area contributed by atoms with Gasteiger partial charge in [-0.2, -0.15) is 0 Å². The number of amides is 1. The van der Waals surface area contributed by atoms with E-state index in [2.05, 4.69) is 21.2 Å². The number of anilines is 2. The van der Waals surface area contributed by atoms with Gasteiger partial charge in [-0.05, 0) is 30.5 Å². The number of hydrogen-bond acceptors (Lipinski definition) is 2. The fourth-order valence-corrected chi connectivity index (χ4v) is 2.09. The first-order valence-electron chi connectivity index (χ1n) is 5.25. The average Bonchev–Trinajstić information content (AvgIpc) is 2.09. The van der Waals surface area contributed by atoms with E-state index in [1.54, 1.807) is 6.07 Å². The molecule has 1 aromatic rings.